The maximum absolute atomic E-state index is 11.0. The lowest BCUT2D eigenvalue weighted by Crippen LogP contribution is -2.07. The van der Waals surface area contributed by atoms with E-state index in [-0.39, 0.29) is 10.9 Å². The Morgan fingerprint density at radius 3 is 2.64 bits per heavy atom. The molecule has 0 saturated carbocycles. The molecule has 0 aliphatic carbocycles. The van der Waals surface area contributed by atoms with Crippen molar-refractivity contribution in [3.05, 3.63) is 36.9 Å². The first kappa shape index (κ1) is 10.9. The van der Waals surface area contributed by atoms with Crippen LogP contribution in [-0.2, 0) is 15.7 Å². The van der Waals surface area contributed by atoms with Crippen LogP contribution in [0.1, 0.15) is 0 Å². The summed E-state index contributed by atoms with van der Waals surface area (Å²) in [4.78, 5) is 12.1. The lowest BCUT2D eigenvalue weighted by Gasteiger charge is -2.04. The summed E-state index contributed by atoms with van der Waals surface area (Å²) in [6, 6.07) is 7.55. The third-order valence-electron chi connectivity index (χ3n) is 1.67. The molecule has 0 fully saturated rings. The largest absolute Gasteiger partial charge is 0.418 e. The predicted octanol–water partition coefficient (Wildman–Crippen LogP) is 2.01. The molecule has 2 nitrogen and oxygen atoms in total. The van der Waals surface area contributed by atoms with Crippen LogP contribution in [0.5, 0.6) is 5.75 Å². The number of benzene rings is 1. The molecule has 0 heterocycles. The monoisotopic (exact) mass is 209 g/mol. The second kappa shape index (κ2) is 4.86. The number of para-hydroxylation sites is 1. The van der Waals surface area contributed by atoms with Crippen molar-refractivity contribution in [2.75, 3.05) is 12.5 Å². The Bertz CT molecular complexity index is 345. The molecule has 1 aromatic carbocycles. The number of carbonyl (C=O) groups is 1. The van der Waals surface area contributed by atoms with E-state index in [1.165, 1.54) is 6.08 Å². The smallest absolute Gasteiger partial charge is 0.335 e. The van der Waals surface area contributed by atoms with Crippen LogP contribution in [0.3, 0.4) is 0 Å². The zero-order valence-electron chi connectivity index (χ0n) is 8.32. The van der Waals surface area contributed by atoms with Crippen LogP contribution in [0.25, 0.3) is 0 Å². The fourth-order valence-corrected chi connectivity index (χ4v) is 1.88. The van der Waals surface area contributed by atoms with E-state index in [0.29, 0.717) is 5.75 Å². The van der Waals surface area contributed by atoms with Crippen LogP contribution >= 0.6 is 0 Å². The average molecular weight is 209 g/mol. The van der Waals surface area contributed by atoms with E-state index in [1.54, 1.807) is 6.07 Å². The minimum absolute atomic E-state index is 0.0796. The molecule has 0 atom stereocenters. The number of hydrogen-bond acceptors (Lipinski definition) is 2. The van der Waals surface area contributed by atoms with Crippen LogP contribution in [0.15, 0.2) is 41.8 Å². The van der Waals surface area contributed by atoms with E-state index in [9.17, 15) is 4.79 Å². The van der Waals surface area contributed by atoms with Gasteiger partial charge in [-0.15, -0.1) is 0 Å². The number of carbonyl (C=O) groups excluding carboxylic acids is 1. The molecule has 0 aromatic heterocycles. The normalized spacial score (nSPS) is 9.93. The second-order valence-corrected chi connectivity index (χ2v) is 4.96. The summed E-state index contributed by atoms with van der Waals surface area (Å²) in [5.41, 5.74) is 0. The molecule has 0 unspecified atom stereocenters. The van der Waals surface area contributed by atoms with E-state index in [1.807, 2.05) is 18.2 Å². The summed E-state index contributed by atoms with van der Waals surface area (Å²) >= 11 is 0. The van der Waals surface area contributed by atoms with Crippen LogP contribution in [0.4, 0.5) is 0 Å². The van der Waals surface area contributed by atoms with Gasteiger partial charge < -0.3 is 4.74 Å². The van der Waals surface area contributed by atoms with E-state index >= 15 is 0 Å². The molecule has 1 rings (SSSR count). The highest BCUT2D eigenvalue weighted by Gasteiger charge is 2.16. The third kappa shape index (κ3) is 2.64. The van der Waals surface area contributed by atoms with Crippen molar-refractivity contribution >= 4 is 16.9 Å². The summed E-state index contributed by atoms with van der Waals surface area (Å²) in [6.45, 7) is 3.36. The number of esters is 1. The summed E-state index contributed by atoms with van der Waals surface area (Å²) in [5.74, 6) is 0.216. The van der Waals surface area contributed by atoms with Gasteiger partial charge in [0.05, 0.1) is 0 Å². The van der Waals surface area contributed by atoms with Gasteiger partial charge in [0.25, 0.3) is 0 Å². The van der Waals surface area contributed by atoms with Crippen LogP contribution in [-0.4, -0.2) is 18.5 Å². The van der Waals surface area contributed by atoms with Crippen molar-refractivity contribution in [3.63, 3.8) is 0 Å². The van der Waals surface area contributed by atoms with Gasteiger partial charge in [0.1, 0.15) is 12.5 Å². The van der Waals surface area contributed by atoms with Crippen molar-refractivity contribution in [1.29, 1.82) is 0 Å². The molecule has 0 aliphatic heterocycles. The quantitative estimate of drug-likeness (QED) is 0.329. The van der Waals surface area contributed by atoms with E-state index in [2.05, 4.69) is 19.1 Å². The van der Waals surface area contributed by atoms with Crippen LogP contribution in [0.2, 0.25) is 0 Å². The van der Waals surface area contributed by atoms with Gasteiger partial charge in [0, 0.05) is 17.0 Å². The van der Waals surface area contributed by atoms with Crippen molar-refractivity contribution < 1.29 is 9.53 Å². The highest BCUT2D eigenvalue weighted by atomic mass is 32.2. The van der Waals surface area contributed by atoms with Gasteiger partial charge in [-0.25, -0.2) is 4.79 Å². The number of rotatable bonds is 3. The van der Waals surface area contributed by atoms with Crippen molar-refractivity contribution in [3.8, 4) is 5.75 Å². The number of hydrogen-bond donors (Lipinski definition) is 0. The Morgan fingerprint density at radius 2 is 2.07 bits per heavy atom. The topological polar surface area (TPSA) is 26.3 Å². The molecular weight excluding hydrogens is 196 g/mol. The fourth-order valence-electron chi connectivity index (χ4n) is 1.02. The Morgan fingerprint density at radius 1 is 1.43 bits per heavy atom. The van der Waals surface area contributed by atoms with Crippen LogP contribution < -0.4 is 4.74 Å². The minimum Gasteiger partial charge on any atom is -0.418 e. The molecule has 0 amide bonds. The van der Waals surface area contributed by atoms with Gasteiger partial charge >= 0.3 is 5.97 Å². The maximum atomic E-state index is 11.0. The predicted molar refractivity (Wildman–Crippen MR) is 59.8 cm³/mol. The molecule has 3 heteroatoms. The molecule has 74 valence electrons. The maximum Gasteiger partial charge on any atom is 0.335 e. The highest BCUT2D eigenvalue weighted by Crippen LogP contribution is 2.23. The van der Waals surface area contributed by atoms with E-state index in [4.69, 9.17) is 4.74 Å². The first-order valence-electron chi connectivity index (χ1n) is 4.16. The summed E-state index contributed by atoms with van der Waals surface area (Å²) in [6.07, 6.45) is 5.33. The van der Waals surface area contributed by atoms with Gasteiger partial charge in [-0.1, -0.05) is 18.7 Å². The highest BCUT2D eigenvalue weighted by molar-refractivity contribution is 7.95. The Kier molecular flexibility index (Phi) is 3.77. The molecule has 0 bridgehead atoms. The van der Waals surface area contributed by atoms with Gasteiger partial charge in [-0.2, -0.15) is 0 Å². The lowest BCUT2D eigenvalue weighted by atomic mass is 10.3. The molecule has 0 aliphatic rings. The molecule has 1 aromatic rings. The SMILES string of the molecule is C=CC(=O)Oc1ccccc1[S+](C)C. The van der Waals surface area contributed by atoms with Gasteiger partial charge in [0.2, 0.25) is 0 Å². The fraction of sp³-hybridized carbons (Fsp3) is 0.182. The molecule has 0 spiro atoms. The minimum atomic E-state index is -0.414. The molecule has 0 N–H and O–H groups in total. The van der Waals surface area contributed by atoms with Crippen LogP contribution in [0, 0.1) is 0 Å². The zero-order chi connectivity index (χ0) is 10.6. The zero-order valence-corrected chi connectivity index (χ0v) is 9.14. The van der Waals surface area contributed by atoms with Crippen molar-refractivity contribution in [1.82, 2.24) is 0 Å². The van der Waals surface area contributed by atoms with Crippen molar-refractivity contribution in [2.24, 2.45) is 0 Å². The van der Waals surface area contributed by atoms with E-state index < -0.39 is 5.97 Å². The van der Waals surface area contributed by atoms with Gasteiger partial charge in [0.15, 0.2) is 10.6 Å². The second-order valence-electron chi connectivity index (χ2n) is 2.89. The Balaban J connectivity index is 2.95. The van der Waals surface area contributed by atoms with E-state index in [0.717, 1.165) is 4.90 Å². The molecule has 0 radical (unpaired) electrons. The first-order chi connectivity index (χ1) is 6.65. The summed E-state index contributed by atoms with van der Waals surface area (Å²) in [7, 11) is 0.0796. The molecule has 0 saturated heterocycles. The lowest BCUT2D eigenvalue weighted by molar-refractivity contribution is -0.129. The standard InChI is InChI=1S/C11H13O2S/c1-4-11(12)13-9-7-5-6-8-10(9)14(2)3/h4-8H,1H2,2-3H3/q+1. The van der Waals surface area contributed by atoms with Gasteiger partial charge in [-0.3, -0.25) is 0 Å². The Hall–Kier alpha value is -1.22. The number of ether oxygens (including phenoxy) is 1. The first-order valence-corrected chi connectivity index (χ1v) is 6.20. The molecular formula is C11H13O2S+. The molecule has 14 heavy (non-hydrogen) atoms. The summed E-state index contributed by atoms with van der Waals surface area (Å²) in [5, 5.41) is 0. The third-order valence-corrected chi connectivity index (χ3v) is 2.88. The van der Waals surface area contributed by atoms with Gasteiger partial charge in [-0.05, 0) is 12.1 Å². The van der Waals surface area contributed by atoms with Crippen molar-refractivity contribution in [2.45, 2.75) is 4.90 Å². The Labute approximate surface area is 86.9 Å². The summed E-state index contributed by atoms with van der Waals surface area (Å²) < 4.78 is 5.11. The average Bonchev–Trinajstić information content (AvgIpc) is 2.18.